The number of rotatable bonds is 12. The van der Waals surface area contributed by atoms with Crippen molar-refractivity contribution in [1.29, 1.82) is 0 Å². The molecule has 0 bridgehead atoms. The fourth-order valence-electron chi connectivity index (χ4n) is 2.95. The number of hydrogen-bond donors (Lipinski definition) is 1. The first-order valence-electron chi connectivity index (χ1n) is 11.2. The Morgan fingerprint density at radius 3 is 1.76 bits per heavy atom. The molecule has 0 radical (unpaired) electrons. The Balaban J connectivity index is 0. The van der Waals surface area contributed by atoms with Crippen LogP contribution in [0.2, 0.25) is 0 Å². The lowest BCUT2D eigenvalue weighted by atomic mass is 9.91. The fourth-order valence-corrected chi connectivity index (χ4v) is 2.95. The van der Waals surface area contributed by atoms with Crippen LogP contribution in [0.1, 0.15) is 101 Å². The monoisotopic (exact) mass is 414 g/mol. The number of carbonyl (C=O) groups excluding carboxylic acids is 2. The molecule has 0 aliphatic rings. The molecular weight excluding hydrogens is 368 g/mol. The van der Waals surface area contributed by atoms with Crippen LogP contribution in [0.25, 0.3) is 0 Å². The fraction of sp³-hybridized carbons (Fsp3) is 0.875. The SMILES string of the molecule is CC(C)CC(C)CC(=O)OC(=O)CCC(C)C(C)C.CCC(C)C(C)CC(=O)O. The van der Waals surface area contributed by atoms with Crippen molar-refractivity contribution in [2.45, 2.75) is 101 Å². The van der Waals surface area contributed by atoms with E-state index < -0.39 is 5.97 Å². The smallest absolute Gasteiger partial charge is 0.313 e. The Hall–Kier alpha value is -1.39. The zero-order valence-corrected chi connectivity index (χ0v) is 20.3. The summed E-state index contributed by atoms with van der Waals surface area (Å²) in [5.74, 6) is 1.24. The summed E-state index contributed by atoms with van der Waals surface area (Å²) in [5.41, 5.74) is 0. The summed E-state index contributed by atoms with van der Waals surface area (Å²) < 4.78 is 4.85. The molecule has 4 atom stereocenters. The maximum atomic E-state index is 11.6. The summed E-state index contributed by atoms with van der Waals surface area (Å²) in [5, 5.41) is 8.43. The van der Waals surface area contributed by atoms with Gasteiger partial charge in [-0.25, -0.2) is 0 Å². The minimum Gasteiger partial charge on any atom is -0.481 e. The number of carboxylic acids is 1. The first kappa shape index (κ1) is 29.8. The molecular formula is C24H46O5. The minimum absolute atomic E-state index is 0.273. The second-order valence-electron chi connectivity index (χ2n) is 9.51. The van der Waals surface area contributed by atoms with Gasteiger partial charge < -0.3 is 9.84 Å². The van der Waals surface area contributed by atoms with Gasteiger partial charge >= 0.3 is 17.9 Å². The lowest BCUT2D eigenvalue weighted by Gasteiger charge is -2.15. The van der Waals surface area contributed by atoms with E-state index in [2.05, 4.69) is 48.5 Å². The summed E-state index contributed by atoms with van der Waals surface area (Å²) in [6, 6.07) is 0. The average Bonchev–Trinajstić information content (AvgIpc) is 2.57. The van der Waals surface area contributed by atoms with Crippen molar-refractivity contribution in [3.63, 3.8) is 0 Å². The van der Waals surface area contributed by atoms with Crippen LogP contribution in [0, 0.1) is 35.5 Å². The summed E-state index contributed by atoms with van der Waals surface area (Å²) in [6.07, 6.45) is 3.80. The van der Waals surface area contributed by atoms with Gasteiger partial charge in [0.2, 0.25) is 0 Å². The van der Waals surface area contributed by atoms with Crippen LogP contribution in [0.15, 0.2) is 0 Å². The van der Waals surface area contributed by atoms with E-state index in [-0.39, 0.29) is 17.9 Å². The maximum Gasteiger partial charge on any atom is 0.313 e. The molecule has 0 rings (SSSR count). The van der Waals surface area contributed by atoms with Crippen molar-refractivity contribution in [2.24, 2.45) is 35.5 Å². The lowest BCUT2D eigenvalue weighted by molar-refractivity contribution is -0.160. The van der Waals surface area contributed by atoms with Gasteiger partial charge in [0.25, 0.3) is 0 Å². The molecule has 0 saturated heterocycles. The normalized spacial score (nSPS) is 15.1. The highest BCUT2D eigenvalue weighted by Crippen LogP contribution is 2.18. The quantitative estimate of drug-likeness (QED) is 0.297. The van der Waals surface area contributed by atoms with Crippen molar-refractivity contribution in [3.8, 4) is 0 Å². The van der Waals surface area contributed by atoms with Gasteiger partial charge in [-0.1, -0.05) is 68.7 Å². The zero-order chi connectivity index (χ0) is 23.1. The Bertz CT molecular complexity index is 470. The molecule has 29 heavy (non-hydrogen) atoms. The number of carbonyl (C=O) groups is 3. The van der Waals surface area contributed by atoms with Crippen molar-refractivity contribution >= 4 is 17.9 Å². The molecule has 172 valence electrons. The number of esters is 2. The molecule has 4 unspecified atom stereocenters. The third kappa shape index (κ3) is 18.4. The minimum atomic E-state index is -0.687. The highest BCUT2D eigenvalue weighted by molar-refractivity contribution is 5.85. The Morgan fingerprint density at radius 1 is 0.793 bits per heavy atom. The van der Waals surface area contributed by atoms with Gasteiger partial charge in [0.05, 0.1) is 0 Å². The van der Waals surface area contributed by atoms with E-state index >= 15 is 0 Å². The maximum absolute atomic E-state index is 11.6. The predicted molar refractivity (Wildman–Crippen MR) is 118 cm³/mol. The van der Waals surface area contributed by atoms with Crippen LogP contribution in [0.4, 0.5) is 0 Å². The van der Waals surface area contributed by atoms with Gasteiger partial charge in [0, 0.05) is 19.3 Å². The molecule has 0 aromatic rings. The van der Waals surface area contributed by atoms with Crippen molar-refractivity contribution in [1.82, 2.24) is 0 Å². The van der Waals surface area contributed by atoms with Crippen LogP contribution in [-0.4, -0.2) is 23.0 Å². The standard InChI is InChI=1S/C16H30O3.C8H16O2/c1-11(2)9-13(5)10-16(18)19-15(17)8-7-14(6)12(3)4;1-4-6(2)7(3)5-8(9)10/h11-14H,7-10H2,1-6H3;6-7H,4-5H2,1-3H3,(H,9,10). The zero-order valence-electron chi connectivity index (χ0n) is 20.3. The Labute approximate surface area is 179 Å². The molecule has 0 spiro atoms. The van der Waals surface area contributed by atoms with E-state index in [0.29, 0.717) is 48.9 Å². The first-order valence-corrected chi connectivity index (χ1v) is 11.2. The Morgan fingerprint density at radius 2 is 1.34 bits per heavy atom. The van der Waals surface area contributed by atoms with Gasteiger partial charge in [-0.2, -0.15) is 0 Å². The van der Waals surface area contributed by atoms with Crippen LogP contribution < -0.4 is 0 Å². The molecule has 5 heteroatoms. The summed E-state index contributed by atoms with van der Waals surface area (Å²) in [7, 11) is 0. The largest absolute Gasteiger partial charge is 0.481 e. The molecule has 0 aromatic heterocycles. The molecule has 0 saturated carbocycles. The third-order valence-corrected chi connectivity index (χ3v) is 5.67. The number of ether oxygens (including phenoxy) is 1. The van der Waals surface area contributed by atoms with E-state index in [4.69, 9.17) is 9.84 Å². The van der Waals surface area contributed by atoms with Gasteiger partial charge in [-0.15, -0.1) is 0 Å². The van der Waals surface area contributed by atoms with E-state index in [9.17, 15) is 14.4 Å². The molecule has 0 aliphatic heterocycles. The second-order valence-corrected chi connectivity index (χ2v) is 9.51. The van der Waals surface area contributed by atoms with Crippen molar-refractivity contribution < 1.29 is 24.2 Å². The number of hydrogen-bond acceptors (Lipinski definition) is 4. The van der Waals surface area contributed by atoms with Crippen LogP contribution in [0.5, 0.6) is 0 Å². The van der Waals surface area contributed by atoms with Crippen LogP contribution in [-0.2, 0) is 19.1 Å². The van der Waals surface area contributed by atoms with Gasteiger partial charge in [-0.3, -0.25) is 14.4 Å². The summed E-state index contributed by atoms with van der Waals surface area (Å²) in [4.78, 5) is 33.4. The highest BCUT2D eigenvalue weighted by atomic mass is 16.6. The lowest BCUT2D eigenvalue weighted by Crippen LogP contribution is -2.17. The van der Waals surface area contributed by atoms with E-state index in [1.807, 2.05) is 13.8 Å². The van der Waals surface area contributed by atoms with Gasteiger partial charge in [0.1, 0.15) is 0 Å². The molecule has 0 fully saturated rings. The molecule has 0 aliphatic carbocycles. The average molecular weight is 415 g/mol. The van der Waals surface area contributed by atoms with Crippen LogP contribution in [0.3, 0.4) is 0 Å². The molecule has 0 amide bonds. The third-order valence-electron chi connectivity index (χ3n) is 5.67. The topological polar surface area (TPSA) is 80.7 Å². The van der Waals surface area contributed by atoms with Crippen molar-refractivity contribution in [3.05, 3.63) is 0 Å². The highest BCUT2D eigenvalue weighted by Gasteiger charge is 2.17. The predicted octanol–water partition coefficient (Wildman–Crippen LogP) is 6.34. The Kier molecular flexibility index (Phi) is 16.9. The van der Waals surface area contributed by atoms with E-state index in [0.717, 1.165) is 19.3 Å². The van der Waals surface area contributed by atoms with Gasteiger partial charge in [0.15, 0.2) is 0 Å². The van der Waals surface area contributed by atoms with Gasteiger partial charge in [-0.05, 0) is 48.3 Å². The molecule has 5 nitrogen and oxygen atoms in total. The first-order chi connectivity index (χ1) is 13.3. The number of aliphatic carboxylic acids is 1. The second kappa shape index (κ2) is 16.4. The molecule has 0 aromatic carbocycles. The number of carboxylic acid groups (broad SMARTS) is 1. The van der Waals surface area contributed by atoms with E-state index in [1.54, 1.807) is 0 Å². The van der Waals surface area contributed by atoms with Crippen LogP contribution >= 0.6 is 0 Å². The molecule has 1 N–H and O–H groups in total. The summed E-state index contributed by atoms with van der Waals surface area (Å²) in [6.45, 7) is 18.8. The summed E-state index contributed by atoms with van der Waals surface area (Å²) >= 11 is 0. The van der Waals surface area contributed by atoms with E-state index in [1.165, 1.54) is 0 Å². The van der Waals surface area contributed by atoms with Crippen molar-refractivity contribution in [2.75, 3.05) is 0 Å². The molecule has 0 heterocycles.